The van der Waals surface area contributed by atoms with E-state index >= 15 is 0 Å². The molecule has 8 heteroatoms. The van der Waals surface area contributed by atoms with E-state index in [1.54, 1.807) is 19.1 Å². The number of urea groups is 1. The average Bonchev–Trinajstić information content (AvgIpc) is 2.83. The molecule has 1 N–H and O–H groups in total. The molecule has 3 rings (SSSR count). The maximum atomic E-state index is 12.9. The molecule has 0 bridgehead atoms. The van der Waals surface area contributed by atoms with Crippen LogP contribution in [0.5, 0.6) is 0 Å². The van der Waals surface area contributed by atoms with Crippen molar-refractivity contribution < 1.29 is 14.4 Å². The third-order valence-electron chi connectivity index (χ3n) is 4.60. The predicted molar refractivity (Wildman–Crippen MR) is 110 cm³/mol. The van der Waals surface area contributed by atoms with E-state index in [-0.39, 0.29) is 0 Å². The van der Waals surface area contributed by atoms with E-state index in [0.717, 1.165) is 10.5 Å². The Morgan fingerprint density at radius 1 is 1.07 bits per heavy atom. The van der Waals surface area contributed by atoms with Gasteiger partial charge in [-0.15, -0.1) is 0 Å². The summed E-state index contributed by atoms with van der Waals surface area (Å²) in [5, 5.41) is 3.37. The zero-order valence-electron chi connectivity index (χ0n) is 15.6. The van der Waals surface area contributed by atoms with Crippen LogP contribution in [0.1, 0.15) is 19.4 Å². The van der Waals surface area contributed by atoms with E-state index in [1.807, 2.05) is 19.1 Å². The van der Waals surface area contributed by atoms with E-state index < -0.39 is 29.9 Å². The van der Waals surface area contributed by atoms with Gasteiger partial charge in [-0.1, -0.05) is 40.9 Å². The van der Waals surface area contributed by atoms with Crippen molar-refractivity contribution in [3.63, 3.8) is 0 Å². The van der Waals surface area contributed by atoms with Crippen molar-refractivity contribution in [1.29, 1.82) is 0 Å². The predicted octanol–water partition coefficient (Wildman–Crippen LogP) is 4.49. The fourth-order valence-corrected chi connectivity index (χ4v) is 3.60. The summed E-state index contributed by atoms with van der Waals surface area (Å²) in [7, 11) is 0. The molecule has 0 radical (unpaired) electrons. The van der Waals surface area contributed by atoms with Crippen LogP contribution in [0.2, 0.25) is 10.0 Å². The standard InChI is InChI=1S/C20H19Cl2N3O3/c1-11-4-6-17(7-5-11)24-13(3)19(27)25(20(24)28)12(2)18(26)23-16-9-14(21)8-15(22)10-16/h4-10,12-13H,1-3H3,(H,23,26). The lowest BCUT2D eigenvalue weighted by Gasteiger charge is -2.23. The summed E-state index contributed by atoms with van der Waals surface area (Å²) < 4.78 is 0. The first-order valence-electron chi connectivity index (χ1n) is 8.69. The van der Waals surface area contributed by atoms with Gasteiger partial charge in [0.25, 0.3) is 5.91 Å². The minimum atomic E-state index is -1.00. The molecule has 2 aromatic carbocycles. The summed E-state index contributed by atoms with van der Waals surface area (Å²) in [5.41, 5.74) is 2.03. The minimum absolute atomic E-state index is 0.364. The molecule has 146 valence electrons. The highest BCUT2D eigenvalue weighted by Gasteiger charge is 2.47. The van der Waals surface area contributed by atoms with E-state index in [2.05, 4.69) is 5.32 Å². The first-order valence-corrected chi connectivity index (χ1v) is 9.44. The van der Waals surface area contributed by atoms with Crippen LogP contribution in [0.15, 0.2) is 42.5 Å². The molecular formula is C20H19Cl2N3O3. The Hall–Kier alpha value is -2.57. The van der Waals surface area contributed by atoms with Crippen LogP contribution in [0, 0.1) is 6.92 Å². The number of anilines is 2. The van der Waals surface area contributed by atoms with Crippen molar-refractivity contribution in [3.8, 4) is 0 Å². The Bertz CT molecular complexity index is 926. The largest absolute Gasteiger partial charge is 0.332 e. The number of nitrogens with zero attached hydrogens (tertiary/aromatic N) is 2. The SMILES string of the molecule is Cc1ccc(N2C(=O)N(C(C)C(=O)Nc3cc(Cl)cc(Cl)c3)C(=O)C2C)cc1. The lowest BCUT2D eigenvalue weighted by molar-refractivity contribution is -0.133. The number of hydrogen-bond acceptors (Lipinski definition) is 3. The zero-order chi connectivity index (χ0) is 20.6. The molecule has 2 aromatic rings. The Morgan fingerprint density at radius 2 is 1.64 bits per heavy atom. The van der Waals surface area contributed by atoms with Gasteiger partial charge in [0, 0.05) is 21.4 Å². The number of rotatable bonds is 4. The van der Waals surface area contributed by atoms with Gasteiger partial charge in [-0.2, -0.15) is 0 Å². The normalized spacial score (nSPS) is 17.8. The maximum Gasteiger partial charge on any atom is 0.332 e. The first kappa shape index (κ1) is 20.2. The van der Waals surface area contributed by atoms with Gasteiger partial charge in [-0.05, 0) is 51.1 Å². The van der Waals surface area contributed by atoms with Crippen molar-refractivity contribution >= 4 is 52.4 Å². The van der Waals surface area contributed by atoms with Gasteiger partial charge < -0.3 is 5.32 Å². The van der Waals surface area contributed by atoms with Crippen LogP contribution in [0.4, 0.5) is 16.2 Å². The monoisotopic (exact) mass is 419 g/mol. The number of amides is 4. The number of benzene rings is 2. The first-order chi connectivity index (χ1) is 13.2. The Kier molecular flexibility index (Phi) is 5.63. The van der Waals surface area contributed by atoms with Crippen molar-refractivity contribution in [2.75, 3.05) is 10.2 Å². The molecule has 2 atom stereocenters. The van der Waals surface area contributed by atoms with Crippen molar-refractivity contribution in [1.82, 2.24) is 4.90 Å². The third kappa shape index (κ3) is 3.84. The van der Waals surface area contributed by atoms with Gasteiger partial charge in [0.15, 0.2) is 0 Å². The molecule has 2 unspecified atom stereocenters. The number of carbonyl (C=O) groups excluding carboxylic acids is 3. The van der Waals surface area contributed by atoms with E-state index in [1.165, 1.54) is 30.0 Å². The number of aryl methyl sites for hydroxylation is 1. The number of nitrogens with one attached hydrogen (secondary N) is 1. The third-order valence-corrected chi connectivity index (χ3v) is 5.04. The molecule has 4 amide bonds. The Balaban J connectivity index is 1.81. The molecule has 1 heterocycles. The number of hydrogen-bond donors (Lipinski definition) is 1. The quantitative estimate of drug-likeness (QED) is 0.742. The van der Waals surface area contributed by atoms with E-state index in [0.29, 0.717) is 21.4 Å². The number of imide groups is 1. The molecule has 0 aliphatic carbocycles. The zero-order valence-corrected chi connectivity index (χ0v) is 17.1. The van der Waals surface area contributed by atoms with Gasteiger partial charge in [-0.3, -0.25) is 14.5 Å². The van der Waals surface area contributed by atoms with Gasteiger partial charge in [0.2, 0.25) is 5.91 Å². The maximum absolute atomic E-state index is 12.9. The smallest absolute Gasteiger partial charge is 0.324 e. The van der Waals surface area contributed by atoms with Crippen molar-refractivity contribution in [2.45, 2.75) is 32.9 Å². The van der Waals surface area contributed by atoms with Gasteiger partial charge >= 0.3 is 6.03 Å². The summed E-state index contributed by atoms with van der Waals surface area (Å²) in [4.78, 5) is 40.7. The summed E-state index contributed by atoms with van der Waals surface area (Å²) in [6.07, 6.45) is 0. The van der Waals surface area contributed by atoms with E-state index in [9.17, 15) is 14.4 Å². The summed E-state index contributed by atoms with van der Waals surface area (Å²) in [6, 6.07) is 9.65. The fourth-order valence-electron chi connectivity index (χ4n) is 3.07. The molecular weight excluding hydrogens is 401 g/mol. The lowest BCUT2D eigenvalue weighted by atomic mass is 10.2. The molecule has 28 heavy (non-hydrogen) atoms. The second-order valence-electron chi connectivity index (χ2n) is 6.70. The van der Waals surface area contributed by atoms with Crippen LogP contribution >= 0.6 is 23.2 Å². The molecule has 0 aromatic heterocycles. The highest BCUT2D eigenvalue weighted by Crippen LogP contribution is 2.28. The molecule has 1 saturated heterocycles. The van der Waals surface area contributed by atoms with Crippen LogP contribution in [0.25, 0.3) is 0 Å². The molecule has 1 aliphatic heterocycles. The second-order valence-corrected chi connectivity index (χ2v) is 7.57. The summed E-state index contributed by atoms with van der Waals surface area (Å²) in [5.74, 6) is -0.949. The molecule has 0 saturated carbocycles. The molecule has 6 nitrogen and oxygen atoms in total. The number of halogens is 2. The van der Waals surface area contributed by atoms with Crippen molar-refractivity contribution in [2.24, 2.45) is 0 Å². The Morgan fingerprint density at radius 3 is 2.21 bits per heavy atom. The van der Waals surface area contributed by atoms with Gasteiger partial charge in [0.1, 0.15) is 12.1 Å². The molecule has 1 aliphatic rings. The highest BCUT2D eigenvalue weighted by atomic mass is 35.5. The average molecular weight is 420 g/mol. The lowest BCUT2D eigenvalue weighted by Crippen LogP contribution is -2.46. The topological polar surface area (TPSA) is 69.7 Å². The highest BCUT2D eigenvalue weighted by molar-refractivity contribution is 6.35. The van der Waals surface area contributed by atoms with Crippen molar-refractivity contribution in [3.05, 3.63) is 58.1 Å². The van der Waals surface area contributed by atoms with Crippen LogP contribution < -0.4 is 10.2 Å². The fraction of sp³-hybridized carbons (Fsp3) is 0.250. The van der Waals surface area contributed by atoms with Gasteiger partial charge in [0.05, 0.1) is 0 Å². The molecule has 0 spiro atoms. The number of carbonyl (C=O) groups is 3. The minimum Gasteiger partial charge on any atom is -0.324 e. The van der Waals surface area contributed by atoms with Crippen LogP contribution in [-0.4, -0.2) is 34.8 Å². The summed E-state index contributed by atoms with van der Waals surface area (Å²) >= 11 is 11.9. The van der Waals surface area contributed by atoms with E-state index in [4.69, 9.17) is 23.2 Å². The van der Waals surface area contributed by atoms with Crippen LogP contribution in [-0.2, 0) is 9.59 Å². The summed E-state index contributed by atoms with van der Waals surface area (Å²) in [6.45, 7) is 5.08. The van der Waals surface area contributed by atoms with Crippen LogP contribution in [0.3, 0.4) is 0 Å². The molecule has 1 fully saturated rings. The Labute approximate surface area is 173 Å². The second kappa shape index (κ2) is 7.81. The van der Waals surface area contributed by atoms with Gasteiger partial charge in [-0.25, -0.2) is 9.69 Å².